The van der Waals surface area contributed by atoms with Crippen LogP contribution in [-0.4, -0.2) is 0 Å². The first-order chi connectivity index (χ1) is 13.2. The Kier molecular flexibility index (Phi) is 3.10. The second-order valence-electron chi connectivity index (χ2n) is 7.22. The first-order valence-electron chi connectivity index (χ1n) is 9.01. The molecule has 2 heteroatoms. The van der Waals surface area contributed by atoms with Gasteiger partial charge in [-0.3, -0.25) is 0 Å². The number of fused-ring (bicyclic) bond motifs is 10. The Hall–Kier alpha value is -2.35. The third kappa shape index (κ3) is 1.84. The maximum atomic E-state index is 6.40. The van der Waals surface area contributed by atoms with E-state index in [0.717, 1.165) is 9.50 Å². The fraction of sp³-hybridized carbons (Fsp3) is 0.0400. The van der Waals surface area contributed by atoms with Gasteiger partial charge in [0.2, 0.25) is 0 Å². The largest absolute Gasteiger partial charge is 0.0843 e. The SMILES string of the molecule is Clc1ccc2c(c1)-c1ccccc1C21c2ccccc2-c2ccc(Br)cc21. The Balaban J connectivity index is 1.87. The maximum absolute atomic E-state index is 6.40. The van der Waals surface area contributed by atoms with Gasteiger partial charge in [0, 0.05) is 9.50 Å². The minimum Gasteiger partial charge on any atom is -0.0843 e. The molecule has 0 bridgehead atoms. The molecule has 128 valence electrons. The van der Waals surface area contributed by atoms with Gasteiger partial charge in [-0.05, 0) is 68.8 Å². The summed E-state index contributed by atoms with van der Waals surface area (Å²) in [7, 11) is 0. The molecule has 0 saturated carbocycles. The topological polar surface area (TPSA) is 0 Å². The summed E-state index contributed by atoms with van der Waals surface area (Å²) in [6.07, 6.45) is 0. The van der Waals surface area contributed by atoms with Crippen LogP contribution in [0.1, 0.15) is 22.3 Å². The molecule has 1 unspecified atom stereocenters. The van der Waals surface area contributed by atoms with Crippen LogP contribution in [0.25, 0.3) is 22.3 Å². The van der Waals surface area contributed by atoms with Crippen LogP contribution < -0.4 is 0 Å². The van der Waals surface area contributed by atoms with Gasteiger partial charge in [0.05, 0.1) is 5.41 Å². The number of benzene rings is 4. The summed E-state index contributed by atoms with van der Waals surface area (Å²) in [6.45, 7) is 0. The average molecular weight is 430 g/mol. The predicted octanol–water partition coefficient (Wildman–Crippen LogP) is 7.45. The molecule has 0 saturated heterocycles. The molecule has 0 aliphatic heterocycles. The summed E-state index contributed by atoms with van der Waals surface area (Å²) in [5.74, 6) is 0. The highest BCUT2D eigenvalue weighted by molar-refractivity contribution is 9.10. The van der Waals surface area contributed by atoms with Gasteiger partial charge < -0.3 is 0 Å². The Bertz CT molecular complexity index is 1260. The molecule has 0 N–H and O–H groups in total. The van der Waals surface area contributed by atoms with Gasteiger partial charge >= 0.3 is 0 Å². The van der Waals surface area contributed by atoms with Gasteiger partial charge in [-0.25, -0.2) is 0 Å². The van der Waals surface area contributed by atoms with Crippen molar-refractivity contribution < 1.29 is 0 Å². The van der Waals surface area contributed by atoms with Crippen molar-refractivity contribution in [3.63, 3.8) is 0 Å². The van der Waals surface area contributed by atoms with Crippen LogP contribution in [0, 0.1) is 0 Å². The van der Waals surface area contributed by atoms with Gasteiger partial charge in [0.15, 0.2) is 0 Å². The molecule has 0 amide bonds. The molecule has 2 aliphatic rings. The van der Waals surface area contributed by atoms with Crippen LogP contribution in [0.3, 0.4) is 0 Å². The maximum Gasteiger partial charge on any atom is 0.0725 e. The fourth-order valence-electron chi connectivity index (χ4n) is 5.09. The smallest absolute Gasteiger partial charge is 0.0725 e. The van der Waals surface area contributed by atoms with Crippen molar-refractivity contribution >= 4 is 27.5 Å². The Morgan fingerprint density at radius 2 is 1.15 bits per heavy atom. The molecule has 27 heavy (non-hydrogen) atoms. The standard InChI is InChI=1S/C25H14BrCl/c26-15-9-11-19-17-5-1-3-7-21(17)25(24(19)13-15)22-8-4-2-6-18(22)20-14-16(27)10-12-23(20)25/h1-14H. The number of hydrogen-bond acceptors (Lipinski definition) is 0. The molecule has 0 radical (unpaired) electrons. The van der Waals surface area contributed by atoms with Crippen molar-refractivity contribution in [3.8, 4) is 22.3 Å². The molecular weight excluding hydrogens is 416 g/mol. The minimum atomic E-state index is -0.285. The van der Waals surface area contributed by atoms with Crippen molar-refractivity contribution in [3.05, 3.63) is 117 Å². The highest BCUT2D eigenvalue weighted by atomic mass is 79.9. The van der Waals surface area contributed by atoms with Gasteiger partial charge in [-0.15, -0.1) is 0 Å². The van der Waals surface area contributed by atoms with Gasteiger partial charge in [0.25, 0.3) is 0 Å². The third-order valence-corrected chi connectivity index (χ3v) is 6.74. The highest BCUT2D eigenvalue weighted by Crippen LogP contribution is 2.63. The minimum absolute atomic E-state index is 0.285. The molecule has 0 aromatic heterocycles. The normalized spacial score (nSPS) is 18.1. The lowest BCUT2D eigenvalue weighted by Gasteiger charge is -2.30. The molecule has 1 spiro atoms. The lowest BCUT2D eigenvalue weighted by molar-refractivity contribution is 0.793. The third-order valence-electron chi connectivity index (χ3n) is 6.01. The summed E-state index contributed by atoms with van der Waals surface area (Å²) >= 11 is 10.1. The van der Waals surface area contributed by atoms with E-state index in [4.69, 9.17) is 11.6 Å². The second kappa shape index (κ2) is 5.34. The number of rotatable bonds is 0. The Morgan fingerprint density at radius 3 is 1.89 bits per heavy atom. The van der Waals surface area contributed by atoms with Gasteiger partial charge in [-0.1, -0.05) is 88.2 Å². The van der Waals surface area contributed by atoms with Crippen molar-refractivity contribution in [2.24, 2.45) is 0 Å². The summed E-state index contributed by atoms with van der Waals surface area (Å²) < 4.78 is 1.10. The second-order valence-corrected chi connectivity index (χ2v) is 8.57. The van der Waals surface area contributed by atoms with Crippen LogP contribution in [0.5, 0.6) is 0 Å². The van der Waals surface area contributed by atoms with E-state index in [1.54, 1.807) is 0 Å². The van der Waals surface area contributed by atoms with Crippen molar-refractivity contribution in [2.45, 2.75) is 5.41 Å². The van der Waals surface area contributed by atoms with Crippen LogP contribution in [-0.2, 0) is 5.41 Å². The van der Waals surface area contributed by atoms with Crippen LogP contribution in [0.2, 0.25) is 5.02 Å². The zero-order chi connectivity index (χ0) is 18.2. The fourth-order valence-corrected chi connectivity index (χ4v) is 5.62. The molecule has 1 atom stereocenters. The zero-order valence-electron chi connectivity index (χ0n) is 14.3. The number of hydrogen-bond donors (Lipinski definition) is 0. The van der Waals surface area contributed by atoms with E-state index in [-0.39, 0.29) is 5.41 Å². The molecule has 2 aliphatic carbocycles. The molecule has 0 fully saturated rings. The van der Waals surface area contributed by atoms with E-state index in [1.165, 1.54) is 44.5 Å². The summed E-state index contributed by atoms with van der Waals surface area (Å²) in [5.41, 5.74) is 10.2. The van der Waals surface area contributed by atoms with Crippen molar-refractivity contribution in [1.82, 2.24) is 0 Å². The van der Waals surface area contributed by atoms with Crippen LogP contribution >= 0.6 is 27.5 Å². The zero-order valence-corrected chi connectivity index (χ0v) is 16.7. The lowest BCUT2D eigenvalue weighted by atomic mass is 9.70. The average Bonchev–Trinajstić information content (AvgIpc) is 3.14. The Morgan fingerprint density at radius 1 is 0.556 bits per heavy atom. The van der Waals surface area contributed by atoms with Crippen molar-refractivity contribution in [1.29, 1.82) is 0 Å². The van der Waals surface area contributed by atoms with E-state index in [2.05, 4.69) is 94.8 Å². The highest BCUT2D eigenvalue weighted by Gasteiger charge is 2.51. The quantitative estimate of drug-likeness (QED) is 0.235. The van der Waals surface area contributed by atoms with Gasteiger partial charge in [-0.2, -0.15) is 0 Å². The van der Waals surface area contributed by atoms with Crippen molar-refractivity contribution in [2.75, 3.05) is 0 Å². The van der Waals surface area contributed by atoms with E-state index in [0.29, 0.717) is 0 Å². The molecule has 4 aromatic rings. The molecule has 6 rings (SSSR count). The van der Waals surface area contributed by atoms with Crippen LogP contribution in [0.4, 0.5) is 0 Å². The van der Waals surface area contributed by atoms with E-state index >= 15 is 0 Å². The van der Waals surface area contributed by atoms with Crippen LogP contribution in [0.15, 0.2) is 89.4 Å². The van der Waals surface area contributed by atoms with E-state index < -0.39 is 0 Å². The van der Waals surface area contributed by atoms with E-state index in [1.807, 2.05) is 6.07 Å². The summed E-state index contributed by atoms with van der Waals surface area (Å²) in [6, 6.07) is 30.6. The predicted molar refractivity (Wildman–Crippen MR) is 115 cm³/mol. The first kappa shape index (κ1) is 15.7. The van der Waals surface area contributed by atoms with Gasteiger partial charge in [0.1, 0.15) is 0 Å². The molecule has 0 heterocycles. The summed E-state index contributed by atoms with van der Waals surface area (Å²) in [5, 5.41) is 0.779. The van der Waals surface area contributed by atoms with E-state index in [9.17, 15) is 0 Å². The first-order valence-corrected chi connectivity index (χ1v) is 10.2. The Labute approximate surface area is 171 Å². The molecule has 0 nitrogen and oxygen atoms in total. The number of halogens is 2. The summed E-state index contributed by atoms with van der Waals surface area (Å²) in [4.78, 5) is 0. The monoisotopic (exact) mass is 428 g/mol. The molecular formula is C25H14BrCl. The molecule has 4 aromatic carbocycles. The lowest BCUT2D eigenvalue weighted by Crippen LogP contribution is -2.25.